The standard InChI is InChI=1S/C13H11Cl2NOS/c1-7-13(18-8(2)16-7)11(17)6-9-4-3-5-10(14)12(9)15/h3-5H,6H2,1-2H3. The number of halogens is 2. The van der Waals surface area contributed by atoms with Gasteiger partial charge in [0.1, 0.15) is 0 Å². The molecule has 0 aliphatic heterocycles. The second-order valence-corrected chi connectivity index (χ2v) is 5.95. The summed E-state index contributed by atoms with van der Waals surface area (Å²) >= 11 is 13.4. The van der Waals surface area contributed by atoms with Gasteiger partial charge in [-0.05, 0) is 25.5 Å². The van der Waals surface area contributed by atoms with E-state index in [1.807, 2.05) is 19.9 Å². The number of carbonyl (C=O) groups is 1. The lowest BCUT2D eigenvalue weighted by Crippen LogP contribution is -2.03. The van der Waals surface area contributed by atoms with Crippen molar-refractivity contribution in [1.82, 2.24) is 4.98 Å². The first-order valence-electron chi connectivity index (χ1n) is 5.39. The Hall–Kier alpha value is -0.900. The molecule has 0 aliphatic rings. The lowest BCUT2D eigenvalue weighted by atomic mass is 10.1. The number of benzene rings is 1. The molecular weight excluding hydrogens is 289 g/mol. The van der Waals surface area contributed by atoms with Crippen molar-refractivity contribution in [3.05, 3.63) is 49.4 Å². The van der Waals surface area contributed by atoms with Crippen LogP contribution in [0.15, 0.2) is 18.2 Å². The molecular formula is C13H11Cl2NOS. The molecule has 0 N–H and O–H groups in total. The van der Waals surface area contributed by atoms with Crippen molar-refractivity contribution in [2.24, 2.45) is 0 Å². The molecule has 0 bridgehead atoms. The summed E-state index contributed by atoms with van der Waals surface area (Å²) in [4.78, 5) is 17.1. The Morgan fingerprint density at radius 1 is 1.33 bits per heavy atom. The molecule has 0 radical (unpaired) electrons. The van der Waals surface area contributed by atoms with Gasteiger partial charge in [-0.25, -0.2) is 4.98 Å². The first-order chi connectivity index (χ1) is 8.49. The maximum absolute atomic E-state index is 12.2. The summed E-state index contributed by atoms with van der Waals surface area (Å²) in [6, 6.07) is 5.32. The van der Waals surface area contributed by atoms with E-state index in [0.29, 0.717) is 14.9 Å². The van der Waals surface area contributed by atoms with E-state index in [4.69, 9.17) is 23.2 Å². The average Bonchev–Trinajstić information content (AvgIpc) is 2.64. The van der Waals surface area contributed by atoms with Crippen LogP contribution in [0.25, 0.3) is 0 Å². The number of Topliss-reactive ketones (excluding diaryl/α,β-unsaturated/α-hetero) is 1. The smallest absolute Gasteiger partial charge is 0.179 e. The zero-order valence-corrected chi connectivity index (χ0v) is 12.3. The highest BCUT2D eigenvalue weighted by molar-refractivity contribution is 7.13. The molecule has 18 heavy (non-hydrogen) atoms. The van der Waals surface area contributed by atoms with Crippen LogP contribution in [-0.4, -0.2) is 10.8 Å². The third kappa shape index (κ3) is 2.74. The number of carbonyl (C=O) groups excluding carboxylic acids is 1. The minimum atomic E-state index is 0.0299. The molecule has 0 spiro atoms. The molecule has 0 aliphatic carbocycles. The van der Waals surface area contributed by atoms with Crippen LogP contribution >= 0.6 is 34.5 Å². The highest BCUT2D eigenvalue weighted by atomic mass is 35.5. The van der Waals surface area contributed by atoms with Gasteiger partial charge in [-0.15, -0.1) is 11.3 Å². The van der Waals surface area contributed by atoms with Gasteiger partial charge in [-0.3, -0.25) is 4.79 Å². The van der Waals surface area contributed by atoms with Gasteiger partial charge in [0, 0.05) is 6.42 Å². The molecule has 1 heterocycles. The first-order valence-corrected chi connectivity index (χ1v) is 6.96. The molecule has 0 saturated heterocycles. The lowest BCUT2D eigenvalue weighted by molar-refractivity contribution is 0.0996. The first kappa shape index (κ1) is 13.5. The SMILES string of the molecule is Cc1nc(C)c(C(=O)Cc2cccc(Cl)c2Cl)s1. The van der Waals surface area contributed by atoms with Crippen LogP contribution in [0, 0.1) is 13.8 Å². The maximum Gasteiger partial charge on any atom is 0.179 e. The number of rotatable bonds is 3. The van der Waals surface area contributed by atoms with Gasteiger partial charge in [0.15, 0.2) is 5.78 Å². The summed E-state index contributed by atoms with van der Waals surface area (Å²) in [6.07, 6.45) is 0.252. The third-order valence-electron chi connectivity index (χ3n) is 2.54. The number of nitrogens with zero attached hydrogens (tertiary/aromatic N) is 1. The monoisotopic (exact) mass is 299 g/mol. The second kappa shape index (κ2) is 5.39. The molecule has 2 aromatic rings. The molecule has 0 saturated carbocycles. The summed E-state index contributed by atoms with van der Waals surface area (Å²) in [5, 5.41) is 1.82. The second-order valence-electron chi connectivity index (χ2n) is 3.96. The normalized spacial score (nSPS) is 10.7. The highest BCUT2D eigenvalue weighted by Gasteiger charge is 2.16. The Morgan fingerprint density at radius 3 is 2.67 bits per heavy atom. The van der Waals surface area contributed by atoms with E-state index in [9.17, 15) is 4.79 Å². The van der Waals surface area contributed by atoms with Gasteiger partial charge in [0.2, 0.25) is 0 Å². The number of aromatic nitrogens is 1. The summed E-state index contributed by atoms with van der Waals surface area (Å²) in [7, 11) is 0. The number of hydrogen-bond donors (Lipinski definition) is 0. The van der Waals surface area contributed by atoms with Crippen molar-refractivity contribution >= 4 is 40.3 Å². The molecule has 2 nitrogen and oxygen atoms in total. The molecule has 0 amide bonds. The minimum Gasteiger partial charge on any atom is -0.293 e. The van der Waals surface area contributed by atoms with Crippen molar-refractivity contribution in [1.29, 1.82) is 0 Å². The molecule has 1 aromatic carbocycles. The Balaban J connectivity index is 2.27. The Kier molecular flexibility index (Phi) is 4.05. The van der Waals surface area contributed by atoms with E-state index in [1.54, 1.807) is 12.1 Å². The molecule has 2 rings (SSSR count). The highest BCUT2D eigenvalue weighted by Crippen LogP contribution is 2.27. The molecule has 0 atom stereocenters. The van der Waals surface area contributed by atoms with Crippen molar-refractivity contribution in [2.75, 3.05) is 0 Å². The van der Waals surface area contributed by atoms with Crippen LogP contribution in [-0.2, 0) is 6.42 Å². The van der Waals surface area contributed by atoms with Crippen molar-refractivity contribution < 1.29 is 4.79 Å². The van der Waals surface area contributed by atoms with Crippen LogP contribution in [0.4, 0.5) is 0 Å². The fourth-order valence-corrected chi connectivity index (χ4v) is 2.97. The van der Waals surface area contributed by atoms with Crippen LogP contribution in [0.1, 0.15) is 25.9 Å². The summed E-state index contributed by atoms with van der Waals surface area (Å²) < 4.78 is 0. The van der Waals surface area contributed by atoms with E-state index in [2.05, 4.69) is 4.98 Å². The Labute approximate surface area is 120 Å². The summed E-state index contributed by atoms with van der Waals surface area (Å²) in [5.41, 5.74) is 1.53. The predicted octanol–water partition coefficient (Wildman–Crippen LogP) is 4.49. The van der Waals surface area contributed by atoms with Gasteiger partial charge in [-0.2, -0.15) is 0 Å². The lowest BCUT2D eigenvalue weighted by Gasteiger charge is -2.04. The van der Waals surface area contributed by atoms with Gasteiger partial charge < -0.3 is 0 Å². The number of aryl methyl sites for hydroxylation is 2. The van der Waals surface area contributed by atoms with Crippen LogP contribution < -0.4 is 0 Å². The fourth-order valence-electron chi connectivity index (χ4n) is 1.73. The Morgan fingerprint density at radius 2 is 2.06 bits per heavy atom. The van der Waals surface area contributed by atoms with E-state index < -0.39 is 0 Å². The van der Waals surface area contributed by atoms with Crippen molar-refractivity contribution in [2.45, 2.75) is 20.3 Å². The number of thiazole rings is 1. The predicted molar refractivity (Wildman–Crippen MR) is 76.1 cm³/mol. The van der Waals surface area contributed by atoms with Gasteiger partial charge in [0.25, 0.3) is 0 Å². The zero-order chi connectivity index (χ0) is 13.3. The van der Waals surface area contributed by atoms with Crippen LogP contribution in [0.3, 0.4) is 0 Å². The molecule has 0 unspecified atom stereocenters. The van der Waals surface area contributed by atoms with Gasteiger partial charge in [0.05, 0.1) is 25.6 Å². The zero-order valence-electron chi connectivity index (χ0n) is 9.96. The number of hydrogen-bond acceptors (Lipinski definition) is 3. The van der Waals surface area contributed by atoms with Crippen LogP contribution in [0.5, 0.6) is 0 Å². The molecule has 5 heteroatoms. The van der Waals surface area contributed by atoms with E-state index >= 15 is 0 Å². The average molecular weight is 300 g/mol. The third-order valence-corrected chi connectivity index (χ3v) is 4.51. The van der Waals surface area contributed by atoms with E-state index in [0.717, 1.165) is 16.3 Å². The minimum absolute atomic E-state index is 0.0299. The molecule has 0 fully saturated rings. The van der Waals surface area contributed by atoms with Gasteiger partial charge in [-0.1, -0.05) is 35.3 Å². The molecule has 1 aromatic heterocycles. The topological polar surface area (TPSA) is 30.0 Å². The Bertz CT molecular complexity index is 607. The summed E-state index contributed by atoms with van der Waals surface area (Å²) in [5.74, 6) is 0.0299. The summed E-state index contributed by atoms with van der Waals surface area (Å²) in [6.45, 7) is 3.73. The fraction of sp³-hybridized carbons (Fsp3) is 0.231. The quantitative estimate of drug-likeness (QED) is 0.782. The number of ketones is 1. The van der Waals surface area contributed by atoms with Crippen molar-refractivity contribution in [3.8, 4) is 0 Å². The maximum atomic E-state index is 12.2. The molecule has 94 valence electrons. The van der Waals surface area contributed by atoms with E-state index in [-0.39, 0.29) is 12.2 Å². The largest absolute Gasteiger partial charge is 0.293 e. The van der Waals surface area contributed by atoms with Gasteiger partial charge >= 0.3 is 0 Å². The van der Waals surface area contributed by atoms with Crippen LogP contribution in [0.2, 0.25) is 10.0 Å². The van der Waals surface area contributed by atoms with E-state index in [1.165, 1.54) is 11.3 Å². The van der Waals surface area contributed by atoms with Crippen molar-refractivity contribution in [3.63, 3.8) is 0 Å².